The van der Waals surface area contributed by atoms with Gasteiger partial charge in [0.15, 0.2) is 0 Å². The Balaban J connectivity index is -0.000000400. The molecule has 0 aliphatic carbocycles. The standard InChI is InChI=1S/C9H10N2O4.3C2H5NO2/c1-6(9(12)13)10-7-2-4-8(5-3-7)11(14)15;3*3-1-2(4)5/h2-6,10H,1H3,(H,12,13);3*1,3H2,(H,4,5)/t6-;;;/m0.../s1. The lowest BCUT2D eigenvalue weighted by Gasteiger charge is -2.09. The van der Waals surface area contributed by atoms with Gasteiger partial charge >= 0.3 is 23.9 Å². The third kappa shape index (κ3) is 22.2. The summed E-state index contributed by atoms with van der Waals surface area (Å²) in [6.45, 7) is 0.656. The highest BCUT2D eigenvalue weighted by Crippen LogP contribution is 2.15. The van der Waals surface area contributed by atoms with E-state index in [2.05, 4.69) is 22.5 Å². The van der Waals surface area contributed by atoms with Crippen LogP contribution in [0, 0.1) is 10.1 Å². The second-order valence-corrected chi connectivity index (χ2v) is 4.80. The molecular formula is C15H25N5O10. The van der Waals surface area contributed by atoms with Gasteiger partial charge in [0.1, 0.15) is 6.04 Å². The van der Waals surface area contributed by atoms with Crippen molar-refractivity contribution in [3.63, 3.8) is 0 Å². The summed E-state index contributed by atoms with van der Waals surface area (Å²) < 4.78 is 0. The molecule has 0 aliphatic heterocycles. The van der Waals surface area contributed by atoms with E-state index in [-0.39, 0.29) is 25.3 Å². The number of nitro groups is 1. The number of carboxylic acids is 4. The lowest BCUT2D eigenvalue weighted by molar-refractivity contribution is -0.384. The Morgan fingerprint density at radius 1 is 0.900 bits per heavy atom. The van der Waals surface area contributed by atoms with Crippen molar-refractivity contribution < 1.29 is 44.5 Å². The zero-order valence-corrected chi connectivity index (χ0v) is 15.9. The van der Waals surface area contributed by atoms with Gasteiger partial charge in [-0.15, -0.1) is 0 Å². The van der Waals surface area contributed by atoms with Gasteiger partial charge in [0.05, 0.1) is 24.6 Å². The molecule has 1 aromatic carbocycles. The van der Waals surface area contributed by atoms with E-state index in [1.54, 1.807) is 0 Å². The van der Waals surface area contributed by atoms with Crippen molar-refractivity contribution >= 4 is 35.3 Å². The number of nitrogens with two attached hydrogens (primary N) is 3. The summed E-state index contributed by atoms with van der Waals surface area (Å²) in [6.07, 6.45) is 0. The highest BCUT2D eigenvalue weighted by Gasteiger charge is 2.10. The number of hydrogen-bond donors (Lipinski definition) is 8. The smallest absolute Gasteiger partial charge is 0.325 e. The van der Waals surface area contributed by atoms with Crippen LogP contribution in [0.25, 0.3) is 0 Å². The molecule has 0 spiro atoms. The van der Waals surface area contributed by atoms with Crippen molar-refractivity contribution in [2.75, 3.05) is 25.0 Å². The number of anilines is 1. The minimum Gasteiger partial charge on any atom is -0.480 e. The SMILES string of the molecule is C[C@H](Nc1ccc([N+](=O)[O-])cc1)C(=O)O.NCC(=O)O.NCC(=O)O.NCC(=O)O. The van der Waals surface area contributed by atoms with Gasteiger partial charge < -0.3 is 42.9 Å². The third-order valence-corrected chi connectivity index (χ3v) is 2.36. The number of benzene rings is 1. The van der Waals surface area contributed by atoms with E-state index in [1.165, 1.54) is 31.2 Å². The number of nitrogens with one attached hydrogen (secondary N) is 1. The molecular weight excluding hydrogens is 410 g/mol. The maximum absolute atomic E-state index is 10.5. The average molecular weight is 435 g/mol. The predicted molar refractivity (Wildman–Crippen MR) is 104 cm³/mol. The molecule has 11 N–H and O–H groups in total. The number of carboxylic acid groups (broad SMARTS) is 4. The first-order valence-electron chi connectivity index (χ1n) is 7.81. The second kappa shape index (κ2) is 18.5. The van der Waals surface area contributed by atoms with E-state index >= 15 is 0 Å². The predicted octanol–water partition coefficient (Wildman–Crippen LogP) is -1.43. The molecule has 0 unspecified atom stereocenters. The highest BCUT2D eigenvalue weighted by atomic mass is 16.6. The Bertz CT molecular complexity index is 648. The van der Waals surface area contributed by atoms with Crippen LogP contribution in [0.2, 0.25) is 0 Å². The Kier molecular flexibility index (Phi) is 19.1. The summed E-state index contributed by atoms with van der Waals surface area (Å²) in [7, 11) is 0. The first-order chi connectivity index (χ1) is 13.8. The van der Waals surface area contributed by atoms with Gasteiger partial charge in [-0.2, -0.15) is 0 Å². The van der Waals surface area contributed by atoms with Gasteiger partial charge in [0, 0.05) is 17.8 Å². The molecule has 0 fully saturated rings. The maximum Gasteiger partial charge on any atom is 0.325 e. The van der Waals surface area contributed by atoms with Gasteiger partial charge in [0.2, 0.25) is 0 Å². The number of hydrogen-bond acceptors (Lipinski definition) is 10. The molecule has 0 aromatic heterocycles. The molecule has 1 aromatic rings. The van der Waals surface area contributed by atoms with Crippen LogP contribution in [0.3, 0.4) is 0 Å². The van der Waals surface area contributed by atoms with Crippen molar-refractivity contribution in [2.24, 2.45) is 17.2 Å². The van der Waals surface area contributed by atoms with Crippen LogP contribution in [0.4, 0.5) is 11.4 Å². The van der Waals surface area contributed by atoms with Gasteiger partial charge in [-0.05, 0) is 19.1 Å². The van der Waals surface area contributed by atoms with E-state index in [0.29, 0.717) is 5.69 Å². The Morgan fingerprint density at radius 2 is 1.20 bits per heavy atom. The maximum atomic E-state index is 10.5. The Labute approximate surface area is 170 Å². The van der Waals surface area contributed by atoms with E-state index in [9.17, 15) is 29.3 Å². The largest absolute Gasteiger partial charge is 0.480 e. The Morgan fingerprint density at radius 3 is 1.40 bits per heavy atom. The third-order valence-electron chi connectivity index (χ3n) is 2.36. The summed E-state index contributed by atoms with van der Waals surface area (Å²) in [5.74, 6) is -3.88. The molecule has 0 radical (unpaired) electrons. The lowest BCUT2D eigenvalue weighted by atomic mass is 10.2. The first kappa shape index (κ1) is 30.9. The highest BCUT2D eigenvalue weighted by molar-refractivity contribution is 5.76. The van der Waals surface area contributed by atoms with Gasteiger partial charge in [-0.1, -0.05) is 0 Å². The summed E-state index contributed by atoms with van der Waals surface area (Å²) in [4.78, 5) is 48.1. The van der Waals surface area contributed by atoms with Gasteiger partial charge in [-0.25, -0.2) is 0 Å². The average Bonchev–Trinajstić information content (AvgIpc) is 2.69. The molecule has 0 saturated heterocycles. The summed E-state index contributed by atoms with van der Waals surface area (Å²) >= 11 is 0. The van der Waals surface area contributed by atoms with E-state index in [1.807, 2.05) is 0 Å². The monoisotopic (exact) mass is 435 g/mol. The molecule has 0 heterocycles. The van der Waals surface area contributed by atoms with Crippen LogP contribution in [0.5, 0.6) is 0 Å². The minimum absolute atomic E-state index is 0.0245. The van der Waals surface area contributed by atoms with Crippen LogP contribution in [-0.4, -0.2) is 74.9 Å². The number of nitro benzene ring substituents is 1. The number of rotatable bonds is 7. The Hall–Kier alpha value is -3.82. The van der Waals surface area contributed by atoms with Gasteiger partial charge in [0.25, 0.3) is 5.69 Å². The zero-order valence-electron chi connectivity index (χ0n) is 15.9. The van der Waals surface area contributed by atoms with E-state index < -0.39 is 34.8 Å². The quantitative estimate of drug-likeness (QED) is 0.180. The van der Waals surface area contributed by atoms with Gasteiger partial charge in [-0.3, -0.25) is 29.3 Å². The second-order valence-electron chi connectivity index (χ2n) is 4.80. The van der Waals surface area contributed by atoms with Crippen molar-refractivity contribution in [1.82, 2.24) is 0 Å². The van der Waals surface area contributed by atoms with Crippen molar-refractivity contribution in [1.29, 1.82) is 0 Å². The van der Waals surface area contributed by atoms with Crippen LogP contribution in [0.1, 0.15) is 6.92 Å². The summed E-state index contributed by atoms with van der Waals surface area (Å²) in [6, 6.07) is 4.84. The fourth-order valence-electron chi connectivity index (χ4n) is 0.991. The number of carbonyl (C=O) groups is 4. The van der Waals surface area contributed by atoms with E-state index in [0.717, 1.165) is 0 Å². The number of nitrogens with zero attached hydrogens (tertiary/aromatic N) is 1. The number of aliphatic carboxylic acids is 4. The molecule has 0 saturated carbocycles. The number of non-ortho nitro benzene ring substituents is 1. The fourth-order valence-corrected chi connectivity index (χ4v) is 0.991. The molecule has 15 heteroatoms. The van der Waals surface area contributed by atoms with Crippen molar-refractivity contribution in [2.45, 2.75) is 13.0 Å². The van der Waals surface area contributed by atoms with Crippen molar-refractivity contribution in [3.05, 3.63) is 34.4 Å². The minimum atomic E-state index is -0.978. The van der Waals surface area contributed by atoms with Crippen LogP contribution in [0.15, 0.2) is 24.3 Å². The van der Waals surface area contributed by atoms with E-state index in [4.69, 9.17) is 20.4 Å². The molecule has 0 bridgehead atoms. The normalized spacial score (nSPS) is 9.60. The van der Waals surface area contributed by atoms with Crippen molar-refractivity contribution in [3.8, 4) is 0 Å². The molecule has 30 heavy (non-hydrogen) atoms. The first-order valence-corrected chi connectivity index (χ1v) is 7.81. The molecule has 0 amide bonds. The molecule has 0 aliphatic rings. The summed E-state index contributed by atoms with van der Waals surface area (Å²) in [5.41, 5.74) is 14.2. The fraction of sp³-hybridized carbons (Fsp3) is 0.333. The lowest BCUT2D eigenvalue weighted by Crippen LogP contribution is -2.25. The molecule has 15 nitrogen and oxygen atoms in total. The van der Waals surface area contributed by atoms with Crippen LogP contribution < -0.4 is 22.5 Å². The summed E-state index contributed by atoms with van der Waals surface area (Å²) in [5, 5.41) is 44.4. The topological polar surface area (TPSA) is 282 Å². The van der Waals surface area contributed by atoms with Crippen LogP contribution in [-0.2, 0) is 19.2 Å². The molecule has 1 atom stereocenters. The van der Waals surface area contributed by atoms with Crippen LogP contribution >= 0.6 is 0 Å². The molecule has 170 valence electrons. The molecule has 1 rings (SSSR count). The zero-order chi connectivity index (χ0) is 24.3.